The quantitative estimate of drug-likeness (QED) is 0.577. The Kier molecular flexibility index (Phi) is 3.29. The first-order valence-corrected chi connectivity index (χ1v) is 4.18. The summed E-state index contributed by atoms with van der Waals surface area (Å²) in [4.78, 5) is 11.2. The molecule has 0 aliphatic heterocycles. The maximum atomic E-state index is 11.2. The number of aryl methyl sites for hydroxylation is 1. The van der Waals surface area contributed by atoms with Gasteiger partial charge in [-0.25, -0.2) is 4.79 Å². The highest BCUT2D eigenvalue weighted by Crippen LogP contribution is 2.13. The maximum absolute atomic E-state index is 11.2. The molecule has 0 atom stereocenters. The number of ether oxygens (including phenoxy) is 1. The molecular formula is C11H12O3. The van der Waals surface area contributed by atoms with E-state index in [9.17, 15) is 4.79 Å². The molecule has 0 heterocycles. The summed E-state index contributed by atoms with van der Waals surface area (Å²) in [5.74, 6) is -0.345. The van der Waals surface area contributed by atoms with Crippen LogP contribution in [-0.4, -0.2) is 18.2 Å². The Morgan fingerprint density at radius 2 is 2.21 bits per heavy atom. The van der Waals surface area contributed by atoms with Crippen molar-refractivity contribution in [2.24, 2.45) is 0 Å². The molecular weight excluding hydrogens is 180 g/mol. The first kappa shape index (κ1) is 10.3. The second kappa shape index (κ2) is 4.46. The van der Waals surface area contributed by atoms with Gasteiger partial charge in [0, 0.05) is 0 Å². The van der Waals surface area contributed by atoms with E-state index in [1.54, 1.807) is 24.3 Å². The lowest BCUT2D eigenvalue weighted by molar-refractivity contribution is 0.0600. The second-order valence-electron chi connectivity index (χ2n) is 2.88. The van der Waals surface area contributed by atoms with Crippen LogP contribution < -0.4 is 0 Å². The Hall–Kier alpha value is -1.77. The number of aliphatic hydroxyl groups excluding tert-OH is 1. The van der Waals surface area contributed by atoms with E-state index >= 15 is 0 Å². The number of benzene rings is 1. The molecule has 1 N–H and O–H groups in total. The summed E-state index contributed by atoms with van der Waals surface area (Å²) in [5.41, 5.74) is 2.22. The van der Waals surface area contributed by atoms with Gasteiger partial charge in [-0.15, -0.1) is 0 Å². The Morgan fingerprint density at radius 3 is 2.71 bits per heavy atom. The first-order valence-electron chi connectivity index (χ1n) is 4.18. The van der Waals surface area contributed by atoms with Crippen molar-refractivity contribution in [1.29, 1.82) is 0 Å². The first-order chi connectivity index (χ1) is 6.69. The van der Waals surface area contributed by atoms with E-state index in [2.05, 4.69) is 4.74 Å². The van der Waals surface area contributed by atoms with Gasteiger partial charge in [0.15, 0.2) is 0 Å². The van der Waals surface area contributed by atoms with E-state index in [4.69, 9.17) is 5.11 Å². The molecule has 0 unspecified atom stereocenters. The van der Waals surface area contributed by atoms with E-state index in [1.165, 1.54) is 7.11 Å². The van der Waals surface area contributed by atoms with Crippen molar-refractivity contribution in [3.05, 3.63) is 41.2 Å². The van der Waals surface area contributed by atoms with E-state index in [1.807, 2.05) is 6.92 Å². The zero-order chi connectivity index (χ0) is 10.6. The summed E-state index contributed by atoms with van der Waals surface area (Å²) < 4.78 is 4.61. The fourth-order valence-electron chi connectivity index (χ4n) is 1.22. The van der Waals surface area contributed by atoms with Crippen molar-refractivity contribution in [1.82, 2.24) is 0 Å². The van der Waals surface area contributed by atoms with E-state index in [0.29, 0.717) is 5.56 Å². The Labute approximate surface area is 82.6 Å². The van der Waals surface area contributed by atoms with Crippen molar-refractivity contribution in [3.8, 4) is 0 Å². The number of rotatable bonds is 2. The summed E-state index contributed by atoms with van der Waals surface area (Å²) in [6.45, 7) is 1.82. The van der Waals surface area contributed by atoms with Crippen molar-refractivity contribution >= 4 is 12.0 Å². The molecule has 14 heavy (non-hydrogen) atoms. The van der Waals surface area contributed by atoms with Gasteiger partial charge in [-0.3, -0.25) is 0 Å². The van der Waals surface area contributed by atoms with Gasteiger partial charge in [0.1, 0.15) is 0 Å². The van der Waals surface area contributed by atoms with Crippen LogP contribution in [0.2, 0.25) is 0 Å². The molecule has 0 aliphatic carbocycles. The van der Waals surface area contributed by atoms with E-state index < -0.39 is 0 Å². The number of hydrogen-bond donors (Lipinski definition) is 1. The summed E-state index contributed by atoms with van der Waals surface area (Å²) >= 11 is 0. The number of carbonyl (C=O) groups excluding carboxylic acids is 1. The summed E-state index contributed by atoms with van der Waals surface area (Å²) in [6, 6.07) is 5.22. The topological polar surface area (TPSA) is 46.5 Å². The van der Waals surface area contributed by atoms with Crippen LogP contribution in [0.3, 0.4) is 0 Å². The summed E-state index contributed by atoms with van der Waals surface area (Å²) in [6.07, 6.45) is 2.51. The maximum Gasteiger partial charge on any atom is 0.338 e. The molecule has 1 aromatic rings. The van der Waals surface area contributed by atoms with Crippen molar-refractivity contribution in [2.75, 3.05) is 7.11 Å². The van der Waals surface area contributed by atoms with Gasteiger partial charge in [0.2, 0.25) is 0 Å². The molecule has 3 heteroatoms. The molecule has 0 amide bonds. The standard InChI is InChI=1S/C11H12O3/c1-8-7-9(5-6-12)3-4-10(8)11(13)14-2/h3-7,12H,1-2H3/b6-5-. The third-order valence-corrected chi connectivity index (χ3v) is 1.92. The van der Waals surface area contributed by atoms with E-state index in [-0.39, 0.29) is 5.97 Å². The van der Waals surface area contributed by atoms with Crippen molar-refractivity contribution in [2.45, 2.75) is 6.92 Å². The summed E-state index contributed by atoms with van der Waals surface area (Å²) in [5, 5.41) is 8.56. The lowest BCUT2D eigenvalue weighted by Gasteiger charge is -2.04. The van der Waals surface area contributed by atoms with Gasteiger partial charge in [-0.05, 0) is 30.2 Å². The molecule has 0 fully saturated rings. The van der Waals surface area contributed by atoms with Crippen LogP contribution in [0.1, 0.15) is 21.5 Å². The van der Waals surface area contributed by atoms with E-state index in [0.717, 1.165) is 17.4 Å². The van der Waals surface area contributed by atoms with Gasteiger partial charge in [0.25, 0.3) is 0 Å². The molecule has 0 radical (unpaired) electrons. The minimum absolute atomic E-state index is 0.345. The number of hydrogen-bond acceptors (Lipinski definition) is 3. The molecule has 0 spiro atoms. The minimum atomic E-state index is -0.345. The average Bonchev–Trinajstić information content (AvgIpc) is 2.17. The van der Waals surface area contributed by atoms with Crippen molar-refractivity contribution in [3.63, 3.8) is 0 Å². The van der Waals surface area contributed by atoms with Crippen LogP contribution in [0.5, 0.6) is 0 Å². The Balaban J connectivity index is 3.07. The summed E-state index contributed by atoms with van der Waals surface area (Å²) in [7, 11) is 1.35. The number of esters is 1. The lowest BCUT2D eigenvalue weighted by Crippen LogP contribution is -2.03. The molecule has 3 nitrogen and oxygen atoms in total. The van der Waals surface area contributed by atoms with Crippen LogP contribution in [0.4, 0.5) is 0 Å². The van der Waals surface area contributed by atoms with Gasteiger partial charge in [-0.1, -0.05) is 12.1 Å². The highest BCUT2D eigenvalue weighted by molar-refractivity contribution is 5.91. The van der Waals surface area contributed by atoms with Crippen LogP contribution in [-0.2, 0) is 4.74 Å². The Morgan fingerprint density at radius 1 is 1.50 bits per heavy atom. The molecule has 0 saturated carbocycles. The molecule has 0 aliphatic rings. The third kappa shape index (κ3) is 2.13. The Bertz CT molecular complexity index is 367. The largest absolute Gasteiger partial charge is 0.516 e. The van der Waals surface area contributed by atoms with Gasteiger partial charge >= 0.3 is 5.97 Å². The average molecular weight is 192 g/mol. The fraction of sp³-hybridized carbons (Fsp3) is 0.182. The molecule has 1 aromatic carbocycles. The minimum Gasteiger partial charge on any atom is -0.516 e. The highest BCUT2D eigenvalue weighted by atomic mass is 16.5. The van der Waals surface area contributed by atoms with Gasteiger partial charge in [0.05, 0.1) is 18.9 Å². The van der Waals surface area contributed by atoms with Gasteiger partial charge < -0.3 is 9.84 Å². The number of aliphatic hydroxyl groups is 1. The zero-order valence-corrected chi connectivity index (χ0v) is 8.15. The van der Waals surface area contributed by atoms with Crippen LogP contribution in [0.15, 0.2) is 24.5 Å². The smallest absolute Gasteiger partial charge is 0.338 e. The lowest BCUT2D eigenvalue weighted by atomic mass is 10.1. The molecule has 1 rings (SSSR count). The SMILES string of the molecule is COC(=O)c1ccc(/C=C\O)cc1C. The van der Waals surface area contributed by atoms with Gasteiger partial charge in [-0.2, -0.15) is 0 Å². The monoisotopic (exact) mass is 192 g/mol. The highest BCUT2D eigenvalue weighted by Gasteiger charge is 2.07. The number of carbonyl (C=O) groups is 1. The number of methoxy groups -OCH3 is 1. The third-order valence-electron chi connectivity index (χ3n) is 1.92. The van der Waals surface area contributed by atoms with Crippen LogP contribution in [0, 0.1) is 6.92 Å². The second-order valence-corrected chi connectivity index (χ2v) is 2.88. The molecule has 0 saturated heterocycles. The molecule has 0 aromatic heterocycles. The van der Waals surface area contributed by atoms with Crippen LogP contribution in [0.25, 0.3) is 6.08 Å². The predicted octanol–water partition coefficient (Wildman–Crippen LogP) is 2.31. The van der Waals surface area contributed by atoms with Crippen molar-refractivity contribution < 1.29 is 14.6 Å². The predicted molar refractivity (Wildman–Crippen MR) is 54.2 cm³/mol. The molecule has 0 bridgehead atoms. The van der Waals surface area contributed by atoms with Crippen LogP contribution >= 0.6 is 0 Å². The normalized spacial score (nSPS) is 10.4. The fourth-order valence-corrected chi connectivity index (χ4v) is 1.22. The molecule has 74 valence electrons. The zero-order valence-electron chi connectivity index (χ0n) is 8.15.